The van der Waals surface area contributed by atoms with Gasteiger partial charge in [-0.1, -0.05) is 40.0 Å². The van der Waals surface area contributed by atoms with Crippen molar-refractivity contribution in [1.82, 2.24) is 14.9 Å². The number of nitrogens with one attached hydrogen (secondary N) is 1. The number of hydrogen-bond donors (Lipinski definition) is 1. The molecule has 1 unspecified atom stereocenters. The van der Waals surface area contributed by atoms with E-state index in [4.69, 9.17) is 0 Å². The second-order valence-corrected chi connectivity index (χ2v) is 5.09. The van der Waals surface area contributed by atoms with E-state index in [1.54, 1.807) is 0 Å². The molecule has 0 radical (unpaired) electrons. The Hall–Kier alpha value is -0.830. The summed E-state index contributed by atoms with van der Waals surface area (Å²) in [5, 5.41) is 3.70. The SMILES string of the molecule is CCCCC(CCC)NCc1cncn1CCC. The highest BCUT2D eigenvalue weighted by Gasteiger charge is 2.08. The van der Waals surface area contributed by atoms with Crippen LogP contribution in [-0.4, -0.2) is 15.6 Å². The summed E-state index contributed by atoms with van der Waals surface area (Å²) in [6.07, 6.45) is 11.6. The van der Waals surface area contributed by atoms with Gasteiger partial charge in [0, 0.05) is 25.3 Å². The van der Waals surface area contributed by atoms with Gasteiger partial charge in [0.05, 0.1) is 12.0 Å². The van der Waals surface area contributed by atoms with E-state index in [2.05, 4.69) is 35.6 Å². The van der Waals surface area contributed by atoms with E-state index in [1.807, 2.05) is 12.5 Å². The molecule has 1 N–H and O–H groups in total. The molecule has 0 saturated carbocycles. The molecule has 0 saturated heterocycles. The highest BCUT2D eigenvalue weighted by molar-refractivity contribution is 4.98. The molecule has 0 aliphatic rings. The Labute approximate surface area is 112 Å². The van der Waals surface area contributed by atoms with E-state index in [9.17, 15) is 0 Å². The fourth-order valence-corrected chi connectivity index (χ4v) is 2.33. The minimum Gasteiger partial charge on any atom is -0.333 e. The first-order valence-electron chi connectivity index (χ1n) is 7.54. The first kappa shape index (κ1) is 15.2. The molecule has 1 heterocycles. The number of imidazole rings is 1. The van der Waals surface area contributed by atoms with Gasteiger partial charge in [-0.25, -0.2) is 4.98 Å². The quantitative estimate of drug-likeness (QED) is 0.686. The van der Waals surface area contributed by atoms with Gasteiger partial charge in [-0.15, -0.1) is 0 Å². The number of unbranched alkanes of at least 4 members (excludes halogenated alkanes) is 1. The number of aromatic nitrogens is 2. The molecule has 0 aromatic carbocycles. The van der Waals surface area contributed by atoms with Gasteiger partial charge >= 0.3 is 0 Å². The summed E-state index contributed by atoms with van der Waals surface area (Å²) in [4.78, 5) is 4.25. The topological polar surface area (TPSA) is 29.9 Å². The van der Waals surface area contributed by atoms with Gasteiger partial charge < -0.3 is 9.88 Å². The molecule has 0 spiro atoms. The van der Waals surface area contributed by atoms with Crippen molar-refractivity contribution in [2.24, 2.45) is 0 Å². The summed E-state index contributed by atoms with van der Waals surface area (Å²) in [6, 6.07) is 0.667. The van der Waals surface area contributed by atoms with E-state index in [-0.39, 0.29) is 0 Å². The first-order chi connectivity index (χ1) is 8.81. The molecule has 1 rings (SSSR count). The van der Waals surface area contributed by atoms with E-state index >= 15 is 0 Å². The molecule has 0 bridgehead atoms. The molecular formula is C15H29N3. The lowest BCUT2D eigenvalue weighted by Gasteiger charge is -2.18. The van der Waals surface area contributed by atoms with Crippen LogP contribution >= 0.6 is 0 Å². The van der Waals surface area contributed by atoms with E-state index in [1.165, 1.54) is 37.8 Å². The average Bonchev–Trinajstić information content (AvgIpc) is 2.81. The van der Waals surface area contributed by atoms with Crippen molar-refractivity contribution in [2.75, 3.05) is 0 Å². The highest BCUT2D eigenvalue weighted by atomic mass is 15.1. The maximum absolute atomic E-state index is 4.25. The second kappa shape index (κ2) is 9.15. The predicted molar refractivity (Wildman–Crippen MR) is 77.6 cm³/mol. The van der Waals surface area contributed by atoms with Crippen LogP contribution in [0.4, 0.5) is 0 Å². The molecule has 1 aromatic rings. The Balaban J connectivity index is 2.42. The normalized spacial score (nSPS) is 12.8. The number of nitrogens with zero attached hydrogens (tertiary/aromatic N) is 2. The van der Waals surface area contributed by atoms with Crippen molar-refractivity contribution < 1.29 is 0 Å². The molecule has 1 atom stereocenters. The molecule has 104 valence electrons. The molecule has 0 aliphatic heterocycles. The standard InChI is InChI=1S/C15H29N3/c1-4-7-9-14(8-5-2)17-12-15-11-16-13-18(15)10-6-3/h11,13-14,17H,4-10,12H2,1-3H3. The van der Waals surface area contributed by atoms with Crippen LogP contribution in [0.3, 0.4) is 0 Å². The Morgan fingerprint density at radius 3 is 2.67 bits per heavy atom. The molecular weight excluding hydrogens is 222 g/mol. The zero-order valence-corrected chi connectivity index (χ0v) is 12.3. The summed E-state index contributed by atoms with van der Waals surface area (Å²) < 4.78 is 2.26. The lowest BCUT2D eigenvalue weighted by molar-refractivity contribution is 0.426. The fourth-order valence-electron chi connectivity index (χ4n) is 2.33. The fraction of sp³-hybridized carbons (Fsp3) is 0.800. The van der Waals surface area contributed by atoms with Crippen LogP contribution in [0.25, 0.3) is 0 Å². The molecule has 3 heteroatoms. The second-order valence-electron chi connectivity index (χ2n) is 5.09. The minimum atomic E-state index is 0.667. The first-order valence-corrected chi connectivity index (χ1v) is 7.54. The van der Waals surface area contributed by atoms with Crippen molar-refractivity contribution in [3.63, 3.8) is 0 Å². The average molecular weight is 251 g/mol. The molecule has 0 aliphatic carbocycles. The van der Waals surface area contributed by atoms with Gasteiger partial charge in [0.1, 0.15) is 0 Å². The van der Waals surface area contributed by atoms with E-state index in [0.717, 1.165) is 19.5 Å². The zero-order chi connectivity index (χ0) is 13.2. The predicted octanol–water partition coefficient (Wildman–Crippen LogP) is 3.74. The Bertz CT molecular complexity index is 306. The zero-order valence-electron chi connectivity index (χ0n) is 12.3. The van der Waals surface area contributed by atoms with Gasteiger partial charge in [0.2, 0.25) is 0 Å². The van der Waals surface area contributed by atoms with Gasteiger partial charge in [-0.2, -0.15) is 0 Å². The highest BCUT2D eigenvalue weighted by Crippen LogP contribution is 2.08. The van der Waals surface area contributed by atoms with Crippen molar-refractivity contribution >= 4 is 0 Å². The molecule has 0 fully saturated rings. The summed E-state index contributed by atoms with van der Waals surface area (Å²) in [6.45, 7) is 8.76. The van der Waals surface area contributed by atoms with E-state index < -0.39 is 0 Å². The molecule has 1 aromatic heterocycles. The van der Waals surface area contributed by atoms with Gasteiger partial charge in [-0.05, 0) is 19.3 Å². The van der Waals surface area contributed by atoms with Gasteiger partial charge in [0.15, 0.2) is 0 Å². The smallest absolute Gasteiger partial charge is 0.0948 e. The van der Waals surface area contributed by atoms with Crippen molar-refractivity contribution in [3.8, 4) is 0 Å². The van der Waals surface area contributed by atoms with Crippen LogP contribution in [0.2, 0.25) is 0 Å². The largest absolute Gasteiger partial charge is 0.333 e. The van der Waals surface area contributed by atoms with Crippen LogP contribution in [-0.2, 0) is 13.1 Å². The minimum absolute atomic E-state index is 0.667. The Morgan fingerprint density at radius 1 is 1.17 bits per heavy atom. The molecule has 3 nitrogen and oxygen atoms in total. The van der Waals surface area contributed by atoms with Crippen LogP contribution in [0.15, 0.2) is 12.5 Å². The number of aryl methyl sites for hydroxylation is 1. The van der Waals surface area contributed by atoms with Crippen LogP contribution in [0.5, 0.6) is 0 Å². The summed E-state index contributed by atoms with van der Waals surface area (Å²) in [5.41, 5.74) is 1.31. The summed E-state index contributed by atoms with van der Waals surface area (Å²) in [5.74, 6) is 0. The lowest BCUT2D eigenvalue weighted by Crippen LogP contribution is -2.29. The Kier molecular flexibility index (Phi) is 7.74. The van der Waals surface area contributed by atoms with Gasteiger partial charge in [0.25, 0.3) is 0 Å². The van der Waals surface area contributed by atoms with Crippen molar-refractivity contribution in [3.05, 3.63) is 18.2 Å². The third kappa shape index (κ3) is 5.21. The lowest BCUT2D eigenvalue weighted by atomic mass is 10.1. The third-order valence-corrected chi connectivity index (χ3v) is 3.38. The summed E-state index contributed by atoms with van der Waals surface area (Å²) in [7, 11) is 0. The third-order valence-electron chi connectivity index (χ3n) is 3.38. The Morgan fingerprint density at radius 2 is 2.00 bits per heavy atom. The number of hydrogen-bond acceptors (Lipinski definition) is 2. The number of rotatable bonds is 10. The molecule has 0 amide bonds. The van der Waals surface area contributed by atoms with Crippen molar-refractivity contribution in [2.45, 2.75) is 78.4 Å². The van der Waals surface area contributed by atoms with Crippen LogP contribution in [0, 0.1) is 0 Å². The van der Waals surface area contributed by atoms with Crippen molar-refractivity contribution in [1.29, 1.82) is 0 Å². The maximum atomic E-state index is 4.25. The van der Waals surface area contributed by atoms with Crippen LogP contribution in [0.1, 0.15) is 65.0 Å². The van der Waals surface area contributed by atoms with Gasteiger partial charge in [-0.3, -0.25) is 0 Å². The van der Waals surface area contributed by atoms with Crippen LogP contribution < -0.4 is 5.32 Å². The monoisotopic (exact) mass is 251 g/mol. The van der Waals surface area contributed by atoms with E-state index in [0.29, 0.717) is 6.04 Å². The summed E-state index contributed by atoms with van der Waals surface area (Å²) >= 11 is 0. The molecule has 18 heavy (non-hydrogen) atoms. The maximum Gasteiger partial charge on any atom is 0.0948 e.